The average molecular weight is 469 g/mol. The zero-order valence-corrected chi connectivity index (χ0v) is 21.9. The van der Waals surface area contributed by atoms with E-state index in [9.17, 15) is 4.79 Å². The van der Waals surface area contributed by atoms with Crippen LogP contribution in [0.5, 0.6) is 0 Å². The zero-order chi connectivity index (χ0) is 24.2. The molecule has 0 fully saturated rings. The molecule has 0 spiro atoms. The van der Waals surface area contributed by atoms with E-state index in [1.807, 2.05) is 18.2 Å². The fourth-order valence-electron chi connectivity index (χ4n) is 5.76. The highest BCUT2D eigenvalue weighted by atomic mass is 28.3. The molecule has 2 nitrogen and oxygen atoms in total. The van der Waals surface area contributed by atoms with Gasteiger partial charge in [0.05, 0.1) is 5.76 Å². The lowest BCUT2D eigenvalue weighted by Gasteiger charge is -2.45. The van der Waals surface area contributed by atoms with Crippen LogP contribution in [0.1, 0.15) is 52.5 Å². The molecule has 1 aliphatic heterocycles. The summed E-state index contributed by atoms with van der Waals surface area (Å²) in [4.78, 5) is 12.9. The number of ketones is 1. The van der Waals surface area contributed by atoms with E-state index in [4.69, 9.17) is 4.74 Å². The number of Topliss-reactive ketones (excluding diaryl/α,β-unsaturated/α-hetero) is 1. The van der Waals surface area contributed by atoms with Gasteiger partial charge in [-0.1, -0.05) is 112 Å². The van der Waals surface area contributed by atoms with E-state index in [1.54, 1.807) is 0 Å². The number of rotatable bonds is 8. The number of carbonyl (C=O) groups is 1. The lowest BCUT2D eigenvalue weighted by Crippen LogP contribution is -2.66. The van der Waals surface area contributed by atoms with Crippen molar-refractivity contribution in [1.29, 1.82) is 0 Å². The van der Waals surface area contributed by atoms with Crippen molar-refractivity contribution in [2.24, 2.45) is 0 Å². The number of benzene rings is 3. The molecule has 3 aromatic rings. The molecule has 1 aliphatic rings. The highest BCUT2D eigenvalue weighted by Crippen LogP contribution is 2.46. The fourth-order valence-corrected chi connectivity index (χ4v) is 11.9. The van der Waals surface area contributed by atoms with Crippen LogP contribution in [0.3, 0.4) is 0 Å². The summed E-state index contributed by atoms with van der Waals surface area (Å²) in [6.45, 7) is 9.23. The maximum Gasteiger partial charge on any atom is 0.153 e. The van der Waals surface area contributed by atoms with Crippen molar-refractivity contribution >= 4 is 24.2 Å². The predicted molar refractivity (Wildman–Crippen MR) is 144 cm³/mol. The Kier molecular flexibility index (Phi) is 7.23. The summed E-state index contributed by atoms with van der Waals surface area (Å²) in [5, 5.41) is 4.27. The quantitative estimate of drug-likeness (QED) is 0.366. The molecule has 0 N–H and O–H groups in total. The third kappa shape index (κ3) is 4.81. The molecular formula is C31H36O2Si. The summed E-state index contributed by atoms with van der Waals surface area (Å²) >= 11 is 0. The van der Waals surface area contributed by atoms with Crippen molar-refractivity contribution < 1.29 is 9.53 Å². The highest BCUT2D eigenvalue weighted by Gasteiger charge is 2.53. The molecule has 0 saturated carbocycles. The molecule has 4 rings (SSSR count). The molecule has 0 amide bonds. The molecule has 0 aliphatic carbocycles. The Labute approximate surface area is 205 Å². The Morgan fingerprint density at radius 1 is 0.853 bits per heavy atom. The number of aryl methyl sites for hydroxylation is 1. The van der Waals surface area contributed by atoms with Crippen molar-refractivity contribution in [3.8, 4) is 0 Å². The number of hydrogen-bond acceptors (Lipinski definition) is 2. The largest absolute Gasteiger partial charge is 0.495 e. The summed E-state index contributed by atoms with van der Waals surface area (Å²) in [7, 11) is -2.40. The summed E-state index contributed by atoms with van der Waals surface area (Å²) in [5.74, 6) is 1.31. The van der Waals surface area contributed by atoms with Crippen LogP contribution >= 0.6 is 0 Å². The summed E-state index contributed by atoms with van der Waals surface area (Å²) in [6, 6.07) is 32.2. The van der Waals surface area contributed by atoms with Gasteiger partial charge in [0.15, 0.2) is 8.07 Å². The monoisotopic (exact) mass is 468 g/mol. The van der Waals surface area contributed by atoms with E-state index in [0.717, 1.165) is 18.6 Å². The predicted octanol–water partition coefficient (Wildman–Crippen LogP) is 6.24. The second-order valence-corrected chi connectivity index (χ2v) is 15.2. The van der Waals surface area contributed by atoms with Gasteiger partial charge >= 0.3 is 0 Å². The molecule has 0 bridgehead atoms. The van der Waals surface area contributed by atoms with Gasteiger partial charge in [0.25, 0.3) is 0 Å². The lowest BCUT2D eigenvalue weighted by atomic mass is 10.0. The third-order valence-electron chi connectivity index (χ3n) is 7.18. The molecule has 1 unspecified atom stereocenters. The Hall–Kier alpha value is -2.91. The van der Waals surface area contributed by atoms with E-state index >= 15 is 0 Å². The van der Waals surface area contributed by atoms with E-state index in [2.05, 4.69) is 100 Å². The van der Waals surface area contributed by atoms with Crippen LogP contribution in [0, 0.1) is 0 Å². The van der Waals surface area contributed by atoms with E-state index in [-0.39, 0.29) is 16.9 Å². The SMILES string of the molecule is CC1=C([Si](c2ccccc2)(c2ccccc2)C(C)(C)C)CC(CC(=O)CCc2ccccc2)O1. The third-order valence-corrected chi connectivity index (χ3v) is 13.3. The van der Waals surface area contributed by atoms with Gasteiger partial charge in [-0.25, -0.2) is 0 Å². The molecular weight excluding hydrogens is 432 g/mol. The Morgan fingerprint density at radius 3 is 1.85 bits per heavy atom. The van der Waals surface area contributed by atoms with Gasteiger partial charge in [-0.05, 0) is 39.5 Å². The first kappa shape index (κ1) is 24.2. The fraction of sp³-hybridized carbons (Fsp3) is 0.323. The molecule has 34 heavy (non-hydrogen) atoms. The Bertz CT molecular complexity index is 1090. The second-order valence-electron chi connectivity index (χ2n) is 10.4. The van der Waals surface area contributed by atoms with Crippen molar-refractivity contribution in [2.75, 3.05) is 0 Å². The van der Waals surface area contributed by atoms with Crippen molar-refractivity contribution in [3.63, 3.8) is 0 Å². The minimum absolute atomic E-state index is 0.0296. The molecule has 1 heterocycles. The minimum atomic E-state index is -2.40. The van der Waals surface area contributed by atoms with Crippen LogP contribution < -0.4 is 10.4 Å². The molecule has 0 radical (unpaired) electrons. The van der Waals surface area contributed by atoms with Gasteiger partial charge in [-0.15, -0.1) is 0 Å². The molecule has 0 saturated heterocycles. The van der Waals surface area contributed by atoms with Crippen molar-refractivity contribution in [1.82, 2.24) is 0 Å². The van der Waals surface area contributed by atoms with Crippen LogP contribution in [0.15, 0.2) is 102 Å². The Morgan fingerprint density at radius 2 is 1.35 bits per heavy atom. The summed E-state index contributed by atoms with van der Waals surface area (Å²) in [5.41, 5.74) is 1.21. The number of allylic oxidation sites excluding steroid dienone is 1. The first-order chi connectivity index (χ1) is 16.3. The molecule has 176 valence electrons. The van der Waals surface area contributed by atoms with E-state index < -0.39 is 8.07 Å². The molecule has 3 heteroatoms. The standard InChI is InChI=1S/C31H36O2Si/c1-24-30(23-27(33-24)22-26(32)21-20-25-14-8-5-9-15-25)34(31(2,3)4,28-16-10-6-11-17-28)29-18-12-7-13-19-29/h5-19,27H,20-23H2,1-4H3. The van der Waals surface area contributed by atoms with Gasteiger partial charge < -0.3 is 4.74 Å². The first-order valence-corrected chi connectivity index (χ1v) is 14.4. The molecule has 0 aromatic heterocycles. The minimum Gasteiger partial charge on any atom is -0.495 e. The normalized spacial score (nSPS) is 16.4. The number of ether oxygens (including phenoxy) is 1. The Balaban J connectivity index is 1.63. The highest BCUT2D eigenvalue weighted by molar-refractivity contribution is 7.09. The van der Waals surface area contributed by atoms with Gasteiger partial charge in [-0.2, -0.15) is 0 Å². The summed E-state index contributed by atoms with van der Waals surface area (Å²) < 4.78 is 6.43. The van der Waals surface area contributed by atoms with Crippen LogP contribution in [-0.4, -0.2) is 20.0 Å². The van der Waals surface area contributed by atoms with Gasteiger partial charge in [0.2, 0.25) is 0 Å². The van der Waals surface area contributed by atoms with E-state index in [0.29, 0.717) is 12.8 Å². The van der Waals surface area contributed by atoms with E-state index in [1.165, 1.54) is 21.1 Å². The van der Waals surface area contributed by atoms with Crippen LogP contribution in [0.4, 0.5) is 0 Å². The van der Waals surface area contributed by atoms with Crippen molar-refractivity contribution in [3.05, 3.63) is 108 Å². The maximum absolute atomic E-state index is 12.9. The maximum atomic E-state index is 12.9. The topological polar surface area (TPSA) is 26.3 Å². The summed E-state index contributed by atoms with van der Waals surface area (Å²) in [6.07, 6.45) is 2.60. The van der Waals surface area contributed by atoms with Gasteiger partial charge in [-0.3, -0.25) is 4.79 Å². The van der Waals surface area contributed by atoms with Crippen LogP contribution in [0.25, 0.3) is 0 Å². The van der Waals surface area contributed by atoms with Gasteiger partial charge in [0.1, 0.15) is 11.9 Å². The second kappa shape index (κ2) is 10.1. The number of carbonyl (C=O) groups excluding carboxylic acids is 1. The number of hydrogen-bond donors (Lipinski definition) is 0. The lowest BCUT2D eigenvalue weighted by molar-refractivity contribution is -0.120. The first-order valence-electron chi connectivity index (χ1n) is 12.4. The average Bonchev–Trinajstić information content (AvgIpc) is 3.19. The van der Waals surface area contributed by atoms with Crippen LogP contribution in [0.2, 0.25) is 5.04 Å². The van der Waals surface area contributed by atoms with Gasteiger partial charge in [0, 0.05) is 19.3 Å². The zero-order valence-electron chi connectivity index (χ0n) is 20.9. The van der Waals surface area contributed by atoms with Crippen LogP contribution in [-0.2, 0) is 16.0 Å². The smallest absolute Gasteiger partial charge is 0.153 e. The molecule has 1 atom stereocenters. The molecule has 3 aromatic carbocycles. The van der Waals surface area contributed by atoms with Crippen molar-refractivity contribution in [2.45, 2.75) is 64.5 Å².